The molecule has 114 valence electrons. The van der Waals surface area contributed by atoms with Crippen LogP contribution in [0.3, 0.4) is 0 Å². The van der Waals surface area contributed by atoms with Gasteiger partial charge in [0, 0.05) is 11.9 Å². The summed E-state index contributed by atoms with van der Waals surface area (Å²) in [5.74, 6) is -0.531. The van der Waals surface area contributed by atoms with E-state index in [4.69, 9.17) is 17.3 Å². The minimum absolute atomic E-state index is 0.0526. The van der Waals surface area contributed by atoms with Crippen molar-refractivity contribution < 1.29 is 12.8 Å². The van der Waals surface area contributed by atoms with Crippen LogP contribution in [0.5, 0.6) is 0 Å². The summed E-state index contributed by atoms with van der Waals surface area (Å²) in [7, 11) is -3.82. The molecule has 0 radical (unpaired) electrons. The van der Waals surface area contributed by atoms with E-state index in [1.165, 1.54) is 36.5 Å². The van der Waals surface area contributed by atoms with Crippen molar-refractivity contribution in [2.75, 3.05) is 10.5 Å². The average molecular weight is 340 g/mol. The second-order valence-corrected chi connectivity index (χ2v) is 6.75. The van der Waals surface area contributed by atoms with Crippen LogP contribution in [0, 0.1) is 5.82 Å². The average Bonchev–Trinajstić information content (AvgIpc) is 2.86. The molecule has 0 atom stereocenters. The van der Waals surface area contributed by atoms with Gasteiger partial charge in [0.1, 0.15) is 5.82 Å². The Bertz CT molecular complexity index is 952. The molecule has 0 aliphatic carbocycles. The Morgan fingerprint density at radius 1 is 1.14 bits per heavy atom. The second kappa shape index (κ2) is 5.19. The van der Waals surface area contributed by atoms with Gasteiger partial charge in [0.05, 0.1) is 26.5 Å². The predicted molar refractivity (Wildman–Crippen MR) is 84.9 cm³/mol. The second-order valence-electron chi connectivity index (χ2n) is 4.66. The zero-order valence-electron chi connectivity index (χ0n) is 11.1. The molecular formula is C14H11ClFN3O2S. The molecule has 1 heterocycles. The van der Waals surface area contributed by atoms with E-state index in [0.29, 0.717) is 5.69 Å². The standard InChI is InChI=1S/C14H11ClFN3O2S/c15-10-7-18-14-12(6-5-11(16)13(10)14)19-22(20,21)9-3-1-8(17)2-4-9/h1-7,18-19H,17H2. The maximum Gasteiger partial charge on any atom is 0.261 e. The number of fused-ring (bicyclic) bond motifs is 1. The highest BCUT2D eigenvalue weighted by molar-refractivity contribution is 7.92. The van der Waals surface area contributed by atoms with Crippen molar-refractivity contribution in [3.63, 3.8) is 0 Å². The van der Waals surface area contributed by atoms with Gasteiger partial charge < -0.3 is 10.7 Å². The van der Waals surface area contributed by atoms with Gasteiger partial charge in [-0.1, -0.05) is 11.6 Å². The van der Waals surface area contributed by atoms with Gasteiger partial charge in [0.15, 0.2) is 0 Å². The summed E-state index contributed by atoms with van der Waals surface area (Å²) in [4.78, 5) is 2.81. The topological polar surface area (TPSA) is 88.0 Å². The number of anilines is 2. The van der Waals surface area contributed by atoms with Crippen LogP contribution in [0.1, 0.15) is 0 Å². The number of nitrogens with one attached hydrogen (secondary N) is 2. The van der Waals surface area contributed by atoms with Gasteiger partial charge in [-0.2, -0.15) is 0 Å². The van der Waals surface area contributed by atoms with E-state index in [2.05, 4.69) is 9.71 Å². The van der Waals surface area contributed by atoms with E-state index in [1.54, 1.807) is 0 Å². The highest BCUT2D eigenvalue weighted by atomic mass is 35.5. The Hall–Kier alpha value is -2.25. The third kappa shape index (κ3) is 2.49. The van der Waals surface area contributed by atoms with E-state index in [9.17, 15) is 12.8 Å². The van der Waals surface area contributed by atoms with Crippen LogP contribution >= 0.6 is 11.6 Å². The quantitative estimate of drug-likeness (QED) is 0.639. The van der Waals surface area contributed by atoms with Gasteiger partial charge >= 0.3 is 0 Å². The van der Waals surface area contributed by atoms with Gasteiger partial charge in [-0.05, 0) is 36.4 Å². The third-order valence-corrected chi connectivity index (χ3v) is 4.85. The number of benzene rings is 2. The van der Waals surface area contributed by atoms with Crippen molar-refractivity contribution in [3.8, 4) is 0 Å². The number of rotatable bonds is 3. The number of nitrogens with two attached hydrogens (primary N) is 1. The Morgan fingerprint density at radius 2 is 1.82 bits per heavy atom. The molecule has 0 fully saturated rings. The summed E-state index contributed by atoms with van der Waals surface area (Å²) in [6.45, 7) is 0. The molecule has 3 rings (SSSR count). The molecule has 5 nitrogen and oxygen atoms in total. The minimum atomic E-state index is -3.82. The number of aromatic amines is 1. The fourth-order valence-electron chi connectivity index (χ4n) is 2.10. The van der Waals surface area contributed by atoms with Crippen LogP contribution in [-0.4, -0.2) is 13.4 Å². The lowest BCUT2D eigenvalue weighted by Gasteiger charge is -2.09. The van der Waals surface area contributed by atoms with E-state index in [1.807, 2.05) is 0 Å². The van der Waals surface area contributed by atoms with Crippen molar-refractivity contribution in [1.29, 1.82) is 0 Å². The number of H-pyrrole nitrogens is 1. The van der Waals surface area contributed by atoms with E-state index >= 15 is 0 Å². The molecule has 22 heavy (non-hydrogen) atoms. The molecule has 3 aromatic rings. The lowest BCUT2D eigenvalue weighted by atomic mass is 10.2. The fraction of sp³-hybridized carbons (Fsp3) is 0. The zero-order chi connectivity index (χ0) is 15.9. The number of nitrogen functional groups attached to an aromatic ring is 1. The molecule has 4 N–H and O–H groups in total. The summed E-state index contributed by atoms with van der Waals surface area (Å²) < 4.78 is 40.9. The van der Waals surface area contributed by atoms with E-state index in [-0.39, 0.29) is 26.5 Å². The number of hydrogen-bond donors (Lipinski definition) is 3. The number of sulfonamides is 1. The normalized spacial score (nSPS) is 11.7. The van der Waals surface area contributed by atoms with E-state index in [0.717, 1.165) is 6.07 Å². The molecular weight excluding hydrogens is 329 g/mol. The van der Waals surface area contributed by atoms with Gasteiger partial charge in [0.2, 0.25) is 0 Å². The molecule has 0 amide bonds. The minimum Gasteiger partial charge on any atom is -0.399 e. The first-order valence-corrected chi connectivity index (χ1v) is 8.08. The molecule has 0 aliphatic heterocycles. The molecule has 0 unspecified atom stereocenters. The monoisotopic (exact) mass is 339 g/mol. The van der Waals surface area contributed by atoms with Crippen molar-refractivity contribution >= 4 is 43.9 Å². The molecule has 1 aromatic heterocycles. The molecule has 0 saturated carbocycles. The van der Waals surface area contributed by atoms with Crippen LogP contribution in [0.4, 0.5) is 15.8 Å². The van der Waals surface area contributed by atoms with Gasteiger partial charge in [-0.15, -0.1) is 0 Å². The number of aromatic nitrogens is 1. The Balaban J connectivity index is 2.06. The molecule has 0 aliphatic rings. The van der Waals surface area contributed by atoms with Crippen LogP contribution < -0.4 is 10.5 Å². The molecule has 8 heteroatoms. The van der Waals surface area contributed by atoms with Crippen molar-refractivity contribution in [2.45, 2.75) is 4.90 Å². The van der Waals surface area contributed by atoms with Gasteiger partial charge in [0.25, 0.3) is 10.0 Å². The first-order valence-electron chi connectivity index (χ1n) is 6.22. The first kappa shape index (κ1) is 14.7. The third-order valence-electron chi connectivity index (χ3n) is 3.17. The van der Waals surface area contributed by atoms with Crippen molar-refractivity contribution in [3.05, 3.63) is 53.4 Å². The van der Waals surface area contributed by atoms with Crippen LogP contribution in [0.2, 0.25) is 5.02 Å². The Morgan fingerprint density at radius 3 is 2.50 bits per heavy atom. The highest BCUT2D eigenvalue weighted by Crippen LogP contribution is 2.32. The predicted octanol–water partition coefficient (Wildman–Crippen LogP) is 3.34. The molecule has 2 aromatic carbocycles. The molecule has 0 spiro atoms. The van der Waals surface area contributed by atoms with E-state index < -0.39 is 15.8 Å². The van der Waals surface area contributed by atoms with Crippen LogP contribution in [-0.2, 0) is 10.0 Å². The van der Waals surface area contributed by atoms with Crippen molar-refractivity contribution in [2.24, 2.45) is 0 Å². The largest absolute Gasteiger partial charge is 0.399 e. The highest BCUT2D eigenvalue weighted by Gasteiger charge is 2.18. The fourth-order valence-corrected chi connectivity index (χ4v) is 3.42. The maximum absolute atomic E-state index is 13.8. The summed E-state index contributed by atoms with van der Waals surface area (Å²) in [5, 5.41) is 0.320. The summed E-state index contributed by atoms with van der Waals surface area (Å²) in [5.41, 5.74) is 6.49. The molecule has 0 saturated heterocycles. The van der Waals surface area contributed by atoms with Gasteiger partial charge in [-0.25, -0.2) is 12.8 Å². The first-order chi connectivity index (χ1) is 10.4. The number of halogens is 2. The van der Waals surface area contributed by atoms with Crippen LogP contribution in [0.25, 0.3) is 10.9 Å². The maximum atomic E-state index is 13.8. The van der Waals surface area contributed by atoms with Crippen molar-refractivity contribution in [1.82, 2.24) is 4.98 Å². The Kier molecular flexibility index (Phi) is 3.46. The lowest BCUT2D eigenvalue weighted by Crippen LogP contribution is -2.13. The Labute approximate surface area is 130 Å². The summed E-state index contributed by atoms with van der Waals surface area (Å²) in [6.07, 6.45) is 1.40. The smallest absolute Gasteiger partial charge is 0.261 e. The zero-order valence-corrected chi connectivity index (χ0v) is 12.7. The number of hydrogen-bond acceptors (Lipinski definition) is 3. The summed E-state index contributed by atoms with van der Waals surface area (Å²) >= 11 is 5.89. The molecule has 0 bridgehead atoms. The lowest BCUT2D eigenvalue weighted by molar-refractivity contribution is 0.601. The SMILES string of the molecule is Nc1ccc(S(=O)(=O)Nc2ccc(F)c3c(Cl)c[nH]c23)cc1. The van der Waals surface area contributed by atoms with Gasteiger partial charge in [-0.3, -0.25) is 4.72 Å². The van der Waals surface area contributed by atoms with Crippen LogP contribution in [0.15, 0.2) is 47.5 Å². The summed E-state index contributed by atoms with van der Waals surface area (Å²) in [6, 6.07) is 8.24.